The van der Waals surface area contributed by atoms with Crippen molar-refractivity contribution in [2.75, 3.05) is 6.54 Å². The van der Waals surface area contributed by atoms with Gasteiger partial charge >= 0.3 is 0 Å². The third kappa shape index (κ3) is 2.89. The summed E-state index contributed by atoms with van der Waals surface area (Å²) in [7, 11) is 0. The number of nitrogens with one attached hydrogen (secondary N) is 2. The van der Waals surface area contributed by atoms with Gasteiger partial charge in [0.15, 0.2) is 5.76 Å². The molecule has 1 aliphatic carbocycles. The first-order valence-corrected chi connectivity index (χ1v) is 7.63. The normalized spacial score (nSPS) is 16.8. The molecule has 118 valence electrons. The highest BCUT2D eigenvalue weighted by molar-refractivity contribution is 5.86. The van der Waals surface area contributed by atoms with E-state index in [1.807, 2.05) is 6.92 Å². The summed E-state index contributed by atoms with van der Waals surface area (Å²) < 4.78 is 10.4. The number of amides is 1. The van der Waals surface area contributed by atoms with Crippen LogP contribution in [0, 0.1) is 0 Å². The smallest absolute Gasteiger partial charge is 0.241 e. The van der Waals surface area contributed by atoms with E-state index < -0.39 is 5.54 Å². The Balaban J connectivity index is 1.66. The number of furan rings is 1. The van der Waals surface area contributed by atoms with Crippen molar-refractivity contribution in [1.29, 1.82) is 0 Å². The van der Waals surface area contributed by atoms with Crippen molar-refractivity contribution in [1.82, 2.24) is 20.8 Å². The number of hydrogen-bond donors (Lipinski definition) is 2. The van der Waals surface area contributed by atoms with Crippen molar-refractivity contribution in [2.45, 2.75) is 44.7 Å². The quantitative estimate of drug-likeness (QED) is 0.846. The summed E-state index contributed by atoms with van der Waals surface area (Å²) in [6.07, 6.45) is 5.32. The highest BCUT2D eigenvalue weighted by Gasteiger charge is 2.40. The second kappa shape index (κ2) is 6.31. The van der Waals surface area contributed by atoms with Gasteiger partial charge in [0.2, 0.25) is 17.6 Å². The van der Waals surface area contributed by atoms with Gasteiger partial charge in [0.25, 0.3) is 0 Å². The Morgan fingerprint density at radius 1 is 1.41 bits per heavy atom. The third-order valence-corrected chi connectivity index (χ3v) is 4.02. The van der Waals surface area contributed by atoms with Crippen LogP contribution in [0.15, 0.2) is 27.3 Å². The summed E-state index contributed by atoms with van der Waals surface area (Å²) in [4.78, 5) is 16.6. The molecule has 0 spiro atoms. The Hall–Kier alpha value is -2.15. The van der Waals surface area contributed by atoms with E-state index in [-0.39, 0.29) is 5.91 Å². The van der Waals surface area contributed by atoms with Gasteiger partial charge in [0.05, 0.1) is 18.3 Å². The zero-order chi connectivity index (χ0) is 15.4. The zero-order valence-electron chi connectivity index (χ0n) is 12.6. The number of nitrogens with zero attached hydrogens (tertiary/aromatic N) is 2. The molecule has 3 rings (SSSR count). The van der Waals surface area contributed by atoms with Gasteiger partial charge in [-0.05, 0) is 31.9 Å². The first kappa shape index (κ1) is 14.8. The van der Waals surface area contributed by atoms with Crippen LogP contribution in [0.5, 0.6) is 0 Å². The van der Waals surface area contributed by atoms with Crippen LogP contribution in [0.4, 0.5) is 0 Å². The maximum atomic E-state index is 12.3. The van der Waals surface area contributed by atoms with E-state index in [9.17, 15) is 4.79 Å². The van der Waals surface area contributed by atoms with Gasteiger partial charge in [-0.2, -0.15) is 4.98 Å². The van der Waals surface area contributed by atoms with Crippen molar-refractivity contribution < 1.29 is 13.7 Å². The lowest BCUT2D eigenvalue weighted by Crippen LogP contribution is -2.54. The summed E-state index contributed by atoms with van der Waals surface area (Å²) in [5, 5.41) is 10.1. The van der Waals surface area contributed by atoms with E-state index in [1.54, 1.807) is 18.4 Å². The first-order valence-electron chi connectivity index (χ1n) is 7.63. The summed E-state index contributed by atoms with van der Waals surface area (Å²) in [5.74, 6) is 1.48. The molecule has 0 unspecified atom stereocenters. The molecular formula is C15H20N4O3. The molecule has 22 heavy (non-hydrogen) atoms. The molecule has 2 aromatic rings. The fourth-order valence-electron chi connectivity index (χ4n) is 2.87. The molecule has 1 fully saturated rings. The Morgan fingerprint density at radius 2 is 2.23 bits per heavy atom. The van der Waals surface area contributed by atoms with E-state index in [0.717, 1.165) is 25.7 Å². The molecule has 1 aliphatic rings. The Kier molecular flexibility index (Phi) is 4.24. The van der Waals surface area contributed by atoms with Crippen LogP contribution in [-0.4, -0.2) is 28.1 Å². The predicted octanol–water partition coefficient (Wildman–Crippen LogP) is 1.87. The van der Waals surface area contributed by atoms with E-state index in [0.29, 0.717) is 30.6 Å². The number of rotatable bonds is 6. The van der Waals surface area contributed by atoms with Crippen LogP contribution in [0.25, 0.3) is 11.6 Å². The molecule has 0 saturated heterocycles. The maximum Gasteiger partial charge on any atom is 0.241 e. The van der Waals surface area contributed by atoms with E-state index in [2.05, 4.69) is 20.8 Å². The van der Waals surface area contributed by atoms with Crippen LogP contribution < -0.4 is 10.6 Å². The Bertz CT molecular complexity index is 615. The Morgan fingerprint density at radius 3 is 2.91 bits per heavy atom. The lowest BCUT2D eigenvalue weighted by molar-refractivity contribution is -0.127. The van der Waals surface area contributed by atoms with E-state index in [1.165, 1.54) is 0 Å². The number of carbonyl (C=O) groups is 1. The van der Waals surface area contributed by atoms with Gasteiger partial charge in [-0.3, -0.25) is 10.1 Å². The lowest BCUT2D eigenvalue weighted by atomic mass is 9.96. The van der Waals surface area contributed by atoms with Crippen molar-refractivity contribution in [3.63, 3.8) is 0 Å². The molecule has 0 aromatic carbocycles. The molecule has 1 amide bonds. The molecule has 0 atom stereocenters. The summed E-state index contributed by atoms with van der Waals surface area (Å²) in [5.41, 5.74) is -0.519. The van der Waals surface area contributed by atoms with Crippen LogP contribution in [0.3, 0.4) is 0 Å². The van der Waals surface area contributed by atoms with Gasteiger partial charge in [-0.1, -0.05) is 18.0 Å². The average Bonchev–Trinajstić information content (AvgIpc) is 3.26. The van der Waals surface area contributed by atoms with Gasteiger partial charge in [-0.15, -0.1) is 0 Å². The fourth-order valence-corrected chi connectivity index (χ4v) is 2.87. The third-order valence-electron chi connectivity index (χ3n) is 4.02. The summed E-state index contributed by atoms with van der Waals surface area (Å²) in [6, 6.07) is 3.54. The number of likely N-dealkylation sites (N-methyl/N-ethyl adjacent to an activating group) is 1. The molecule has 0 radical (unpaired) electrons. The molecule has 0 bridgehead atoms. The second-order valence-electron chi connectivity index (χ2n) is 5.49. The molecule has 1 saturated carbocycles. The van der Waals surface area contributed by atoms with Crippen LogP contribution in [0.2, 0.25) is 0 Å². The molecular weight excluding hydrogens is 284 g/mol. The maximum absolute atomic E-state index is 12.3. The van der Waals surface area contributed by atoms with Crippen molar-refractivity contribution in [3.8, 4) is 11.6 Å². The Labute approximate surface area is 128 Å². The molecule has 7 heteroatoms. The average molecular weight is 304 g/mol. The molecule has 2 aromatic heterocycles. The monoisotopic (exact) mass is 304 g/mol. The fraction of sp³-hybridized carbons (Fsp3) is 0.533. The molecule has 0 aliphatic heterocycles. The van der Waals surface area contributed by atoms with Crippen molar-refractivity contribution in [3.05, 3.63) is 24.3 Å². The topological polar surface area (TPSA) is 93.2 Å². The van der Waals surface area contributed by atoms with Crippen LogP contribution in [0.1, 0.15) is 38.5 Å². The van der Waals surface area contributed by atoms with E-state index in [4.69, 9.17) is 8.94 Å². The number of aromatic nitrogens is 2. The number of hydrogen-bond acceptors (Lipinski definition) is 6. The largest absolute Gasteiger partial charge is 0.461 e. The van der Waals surface area contributed by atoms with Gasteiger partial charge in [0.1, 0.15) is 0 Å². The standard InChI is InChI=1S/C15H20N4O3/c1-2-16-14(20)15(7-3-4-8-15)17-10-12-18-13(19-22-12)11-6-5-9-21-11/h5-6,9,17H,2-4,7-8,10H2,1H3,(H,16,20). The van der Waals surface area contributed by atoms with Crippen molar-refractivity contribution in [2.24, 2.45) is 0 Å². The predicted molar refractivity (Wildman–Crippen MR) is 78.7 cm³/mol. The summed E-state index contributed by atoms with van der Waals surface area (Å²) in [6.45, 7) is 2.92. The first-order chi connectivity index (χ1) is 10.7. The molecule has 2 heterocycles. The SMILES string of the molecule is CCNC(=O)C1(NCc2nc(-c3ccco3)no2)CCCC1. The summed E-state index contributed by atoms with van der Waals surface area (Å²) >= 11 is 0. The van der Waals surface area contributed by atoms with Crippen LogP contribution >= 0.6 is 0 Å². The lowest BCUT2D eigenvalue weighted by Gasteiger charge is -2.28. The van der Waals surface area contributed by atoms with Gasteiger partial charge < -0.3 is 14.3 Å². The minimum Gasteiger partial charge on any atom is -0.461 e. The zero-order valence-corrected chi connectivity index (χ0v) is 12.6. The molecule has 2 N–H and O–H groups in total. The minimum absolute atomic E-state index is 0.0540. The second-order valence-corrected chi connectivity index (χ2v) is 5.49. The number of carbonyl (C=O) groups excluding carboxylic acids is 1. The minimum atomic E-state index is -0.519. The van der Waals surface area contributed by atoms with E-state index >= 15 is 0 Å². The highest BCUT2D eigenvalue weighted by Crippen LogP contribution is 2.30. The van der Waals surface area contributed by atoms with Crippen LogP contribution in [-0.2, 0) is 11.3 Å². The molecule has 7 nitrogen and oxygen atoms in total. The van der Waals surface area contributed by atoms with Gasteiger partial charge in [0, 0.05) is 6.54 Å². The highest BCUT2D eigenvalue weighted by atomic mass is 16.5. The van der Waals surface area contributed by atoms with Gasteiger partial charge in [-0.25, -0.2) is 0 Å². The van der Waals surface area contributed by atoms with Crippen molar-refractivity contribution >= 4 is 5.91 Å².